The van der Waals surface area contributed by atoms with Crippen LogP contribution < -0.4 is 0 Å². The normalized spacial score (nSPS) is 14.5. The lowest BCUT2D eigenvalue weighted by Crippen LogP contribution is -2.29. The molecule has 0 aromatic rings. The van der Waals surface area contributed by atoms with E-state index in [9.17, 15) is 24.2 Å². The fourth-order valence-electron chi connectivity index (χ4n) is 4.82. The second-order valence-electron chi connectivity index (χ2n) is 12.6. The fourth-order valence-corrected chi connectivity index (χ4v) is 5.61. The Balaban J connectivity index is 4.40. The minimum Gasteiger partial charge on any atom is -0.462 e. The molecular formula is C38H69O10P. The SMILES string of the molecule is CCCCC/C=C\C/C=C\C/C=C\CCCCCCC(=O)O[C@H](COC(=O)CCCCCCCCCCC)COP(=O)(O)OC[C@@H](O)CO. The van der Waals surface area contributed by atoms with Gasteiger partial charge in [-0.05, 0) is 51.4 Å². The summed E-state index contributed by atoms with van der Waals surface area (Å²) in [5.74, 6) is -0.954. The van der Waals surface area contributed by atoms with Crippen LogP contribution in [0.4, 0.5) is 0 Å². The molecule has 0 amide bonds. The third kappa shape index (κ3) is 34.4. The molecule has 10 nitrogen and oxygen atoms in total. The van der Waals surface area contributed by atoms with Crippen molar-refractivity contribution in [3.05, 3.63) is 36.5 Å². The van der Waals surface area contributed by atoms with Crippen LogP contribution >= 0.6 is 7.82 Å². The number of carbonyl (C=O) groups excluding carboxylic acids is 2. The molecule has 0 aliphatic rings. The third-order valence-corrected chi connectivity index (χ3v) is 8.75. The van der Waals surface area contributed by atoms with Crippen LogP contribution in [0, 0.1) is 0 Å². The van der Waals surface area contributed by atoms with E-state index < -0.39 is 51.8 Å². The first-order chi connectivity index (χ1) is 23.7. The first-order valence-corrected chi connectivity index (χ1v) is 20.4. The van der Waals surface area contributed by atoms with Crippen molar-refractivity contribution >= 4 is 19.8 Å². The number of unbranched alkanes of at least 4 members (excludes halogenated alkanes) is 15. The number of aliphatic hydroxyl groups excluding tert-OH is 2. The van der Waals surface area contributed by atoms with Gasteiger partial charge >= 0.3 is 19.8 Å². The quantitative estimate of drug-likeness (QED) is 0.0251. The third-order valence-electron chi connectivity index (χ3n) is 7.80. The molecule has 0 bridgehead atoms. The molecule has 0 aliphatic heterocycles. The number of aliphatic hydroxyl groups is 2. The summed E-state index contributed by atoms with van der Waals surface area (Å²) in [6, 6.07) is 0. The van der Waals surface area contributed by atoms with Gasteiger partial charge < -0.3 is 24.6 Å². The molecule has 3 atom stereocenters. The lowest BCUT2D eigenvalue weighted by atomic mass is 10.1. The summed E-state index contributed by atoms with van der Waals surface area (Å²) < 4.78 is 32.5. The molecule has 0 rings (SSSR count). The lowest BCUT2D eigenvalue weighted by Gasteiger charge is -2.20. The Hall–Kier alpha value is -1.81. The van der Waals surface area contributed by atoms with E-state index in [0.29, 0.717) is 12.8 Å². The van der Waals surface area contributed by atoms with Crippen molar-refractivity contribution in [2.75, 3.05) is 26.4 Å². The predicted octanol–water partition coefficient (Wildman–Crippen LogP) is 9.22. The van der Waals surface area contributed by atoms with Gasteiger partial charge in [0.25, 0.3) is 0 Å². The van der Waals surface area contributed by atoms with Crippen LogP contribution in [0.15, 0.2) is 36.5 Å². The van der Waals surface area contributed by atoms with Gasteiger partial charge in [-0.2, -0.15) is 0 Å². The maximum absolute atomic E-state index is 12.5. The van der Waals surface area contributed by atoms with E-state index in [2.05, 4.69) is 54.8 Å². The molecular weight excluding hydrogens is 647 g/mol. The van der Waals surface area contributed by atoms with Crippen LogP contribution in [0.3, 0.4) is 0 Å². The molecule has 0 spiro atoms. The number of rotatable bonds is 35. The van der Waals surface area contributed by atoms with Crippen LogP contribution in [0.1, 0.15) is 155 Å². The fraction of sp³-hybridized carbons (Fsp3) is 0.789. The van der Waals surface area contributed by atoms with Crippen LogP contribution in [-0.4, -0.2) is 65.7 Å². The molecule has 0 aliphatic carbocycles. The number of phosphoric acid groups is 1. The number of hydrogen-bond donors (Lipinski definition) is 3. The Morgan fingerprint density at radius 1 is 0.612 bits per heavy atom. The summed E-state index contributed by atoms with van der Waals surface area (Å²) in [4.78, 5) is 34.7. The first-order valence-electron chi connectivity index (χ1n) is 18.9. The summed E-state index contributed by atoms with van der Waals surface area (Å²) in [6.07, 6.45) is 32.6. The molecule has 0 radical (unpaired) electrons. The first kappa shape index (κ1) is 47.2. The molecule has 0 aromatic heterocycles. The average molecular weight is 717 g/mol. The van der Waals surface area contributed by atoms with Crippen molar-refractivity contribution in [3.8, 4) is 0 Å². The lowest BCUT2D eigenvalue weighted by molar-refractivity contribution is -0.161. The van der Waals surface area contributed by atoms with Crippen LogP contribution in [0.25, 0.3) is 0 Å². The summed E-state index contributed by atoms with van der Waals surface area (Å²) in [5.41, 5.74) is 0. The van der Waals surface area contributed by atoms with E-state index >= 15 is 0 Å². The largest absolute Gasteiger partial charge is 0.472 e. The molecule has 11 heteroatoms. The van der Waals surface area contributed by atoms with Gasteiger partial charge in [0, 0.05) is 12.8 Å². The molecule has 1 unspecified atom stereocenters. The van der Waals surface area contributed by atoms with Crippen molar-refractivity contribution in [2.24, 2.45) is 0 Å². The Kier molecular flexibility index (Phi) is 33.4. The van der Waals surface area contributed by atoms with Gasteiger partial charge in [-0.15, -0.1) is 0 Å². The van der Waals surface area contributed by atoms with Crippen molar-refractivity contribution in [1.82, 2.24) is 0 Å². The maximum Gasteiger partial charge on any atom is 0.472 e. The highest BCUT2D eigenvalue weighted by molar-refractivity contribution is 7.47. The zero-order valence-corrected chi connectivity index (χ0v) is 31.5. The minimum absolute atomic E-state index is 0.159. The van der Waals surface area contributed by atoms with Gasteiger partial charge in [0.2, 0.25) is 0 Å². The predicted molar refractivity (Wildman–Crippen MR) is 196 cm³/mol. The van der Waals surface area contributed by atoms with Crippen LogP contribution in [0.2, 0.25) is 0 Å². The summed E-state index contributed by atoms with van der Waals surface area (Å²) in [6.45, 7) is 2.28. The zero-order chi connectivity index (χ0) is 36.3. The Morgan fingerprint density at radius 2 is 1.06 bits per heavy atom. The zero-order valence-electron chi connectivity index (χ0n) is 30.7. The number of ether oxygens (including phenoxy) is 2. The minimum atomic E-state index is -4.61. The van der Waals surface area contributed by atoms with Gasteiger partial charge in [-0.1, -0.05) is 127 Å². The number of hydrogen-bond acceptors (Lipinski definition) is 9. The van der Waals surface area contributed by atoms with Crippen LogP contribution in [0.5, 0.6) is 0 Å². The summed E-state index contributed by atoms with van der Waals surface area (Å²) in [7, 11) is -4.61. The highest BCUT2D eigenvalue weighted by Crippen LogP contribution is 2.43. The van der Waals surface area contributed by atoms with Gasteiger partial charge in [-0.3, -0.25) is 18.6 Å². The molecule has 286 valence electrons. The van der Waals surface area contributed by atoms with Crippen LogP contribution in [-0.2, 0) is 32.7 Å². The number of esters is 2. The van der Waals surface area contributed by atoms with E-state index in [4.69, 9.17) is 19.1 Å². The van der Waals surface area contributed by atoms with Gasteiger partial charge in [-0.25, -0.2) is 4.57 Å². The molecule has 49 heavy (non-hydrogen) atoms. The van der Waals surface area contributed by atoms with E-state index in [1.54, 1.807) is 0 Å². The van der Waals surface area contributed by atoms with Crippen molar-refractivity contribution in [2.45, 2.75) is 167 Å². The highest BCUT2D eigenvalue weighted by Gasteiger charge is 2.27. The van der Waals surface area contributed by atoms with E-state index in [0.717, 1.165) is 57.8 Å². The Morgan fingerprint density at radius 3 is 1.63 bits per heavy atom. The monoisotopic (exact) mass is 716 g/mol. The second kappa shape index (κ2) is 34.6. The standard InChI is InChI=1S/C38H69O10P/c1-3-5-7-9-11-13-14-15-16-17-18-19-20-22-24-26-28-30-38(42)48-36(34-47-49(43,44)46-32-35(40)31-39)33-45-37(41)29-27-25-23-21-12-10-8-6-4-2/h11,13,15-16,18-19,35-36,39-40H,3-10,12,14,17,20-34H2,1-2H3,(H,43,44)/b13-11-,16-15-,19-18-/t35-,36+/m0/s1. The molecule has 3 N–H and O–H groups in total. The number of phosphoric ester groups is 1. The Bertz CT molecular complexity index is 920. The molecule has 0 saturated carbocycles. The molecule has 0 fully saturated rings. The average Bonchev–Trinajstić information content (AvgIpc) is 3.09. The highest BCUT2D eigenvalue weighted by atomic mass is 31.2. The van der Waals surface area contributed by atoms with Gasteiger partial charge in [0.1, 0.15) is 12.7 Å². The number of carbonyl (C=O) groups is 2. The Labute approximate surface area is 297 Å². The van der Waals surface area contributed by atoms with Gasteiger partial charge in [0.05, 0.1) is 19.8 Å². The second-order valence-corrected chi connectivity index (χ2v) is 14.1. The topological polar surface area (TPSA) is 149 Å². The van der Waals surface area contributed by atoms with Gasteiger partial charge in [0.15, 0.2) is 6.10 Å². The summed E-state index contributed by atoms with van der Waals surface area (Å²) >= 11 is 0. The van der Waals surface area contributed by atoms with Crippen molar-refractivity contribution in [3.63, 3.8) is 0 Å². The number of allylic oxidation sites excluding steroid dienone is 6. The van der Waals surface area contributed by atoms with E-state index in [-0.39, 0.29) is 19.4 Å². The van der Waals surface area contributed by atoms with Crippen molar-refractivity contribution < 1.29 is 47.8 Å². The maximum atomic E-state index is 12.5. The molecule has 0 aromatic carbocycles. The molecule has 0 saturated heterocycles. The summed E-state index contributed by atoms with van der Waals surface area (Å²) in [5, 5.41) is 18.2. The van der Waals surface area contributed by atoms with Crippen molar-refractivity contribution in [1.29, 1.82) is 0 Å². The van der Waals surface area contributed by atoms with E-state index in [1.807, 2.05) is 0 Å². The van der Waals surface area contributed by atoms with E-state index in [1.165, 1.54) is 57.8 Å². The smallest absolute Gasteiger partial charge is 0.462 e. The molecule has 0 heterocycles.